The number of aliphatic hydroxyl groups excluding tert-OH is 1. The molecule has 3 rings (SSSR count). The second-order valence-corrected chi connectivity index (χ2v) is 8.71. The summed E-state index contributed by atoms with van der Waals surface area (Å²) in [5.41, 5.74) is 2.11. The SMILES string of the molecule is Cc1cccc(NC(=O)c2coc(CN3CCN(CC(O)CN(C)C(C)C)CC3)n2)c1. The quantitative estimate of drug-likeness (QED) is 0.631. The average molecular weight is 430 g/mol. The van der Waals surface area contributed by atoms with E-state index in [1.54, 1.807) is 0 Å². The summed E-state index contributed by atoms with van der Waals surface area (Å²) in [5, 5.41) is 13.2. The first kappa shape index (κ1) is 23.4. The number of anilines is 1. The third-order valence-corrected chi connectivity index (χ3v) is 5.73. The number of hydrogen-bond acceptors (Lipinski definition) is 7. The van der Waals surface area contributed by atoms with E-state index >= 15 is 0 Å². The molecule has 1 saturated heterocycles. The van der Waals surface area contributed by atoms with E-state index < -0.39 is 0 Å². The molecule has 0 bridgehead atoms. The molecule has 170 valence electrons. The lowest BCUT2D eigenvalue weighted by atomic mass is 10.2. The van der Waals surface area contributed by atoms with E-state index in [4.69, 9.17) is 4.42 Å². The lowest BCUT2D eigenvalue weighted by Gasteiger charge is -2.35. The maximum Gasteiger partial charge on any atom is 0.277 e. The Hall–Kier alpha value is -2.26. The van der Waals surface area contributed by atoms with Crippen LogP contribution >= 0.6 is 0 Å². The number of aromatic nitrogens is 1. The molecule has 31 heavy (non-hydrogen) atoms. The van der Waals surface area contributed by atoms with Gasteiger partial charge in [-0.05, 0) is 45.5 Å². The normalized spacial score (nSPS) is 16.7. The topological polar surface area (TPSA) is 85.1 Å². The van der Waals surface area contributed by atoms with E-state index in [0.29, 0.717) is 31.6 Å². The van der Waals surface area contributed by atoms with Crippen molar-refractivity contribution < 1.29 is 14.3 Å². The van der Waals surface area contributed by atoms with Crippen LogP contribution in [0.25, 0.3) is 0 Å². The fourth-order valence-electron chi connectivity index (χ4n) is 3.63. The van der Waals surface area contributed by atoms with Crippen LogP contribution < -0.4 is 5.32 Å². The van der Waals surface area contributed by atoms with E-state index in [-0.39, 0.29) is 17.7 Å². The monoisotopic (exact) mass is 429 g/mol. The number of amides is 1. The van der Waals surface area contributed by atoms with Crippen molar-refractivity contribution in [2.45, 2.75) is 39.5 Å². The van der Waals surface area contributed by atoms with E-state index in [2.05, 4.69) is 38.8 Å². The van der Waals surface area contributed by atoms with Crippen LogP contribution in [-0.4, -0.2) is 89.2 Å². The third kappa shape index (κ3) is 7.14. The predicted octanol–water partition coefficient (Wildman–Crippen LogP) is 2.05. The van der Waals surface area contributed by atoms with Crippen molar-refractivity contribution in [2.75, 3.05) is 51.6 Å². The van der Waals surface area contributed by atoms with Gasteiger partial charge in [-0.2, -0.15) is 0 Å². The number of rotatable bonds is 9. The second-order valence-electron chi connectivity index (χ2n) is 8.71. The summed E-state index contributed by atoms with van der Waals surface area (Å²) in [6.07, 6.45) is 1.07. The summed E-state index contributed by atoms with van der Waals surface area (Å²) < 4.78 is 5.53. The Bertz CT molecular complexity index is 845. The Morgan fingerprint density at radius 2 is 1.97 bits per heavy atom. The molecule has 1 aromatic carbocycles. The first-order valence-electron chi connectivity index (χ1n) is 11.0. The van der Waals surface area contributed by atoms with Gasteiger partial charge in [-0.25, -0.2) is 4.98 Å². The van der Waals surface area contributed by atoms with Crippen LogP contribution in [0.5, 0.6) is 0 Å². The van der Waals surface area contributed by atoms with E-state index in [9.17, 15) is 9.90 Å². The Morgan fingerprint density at radius 3 is 2.65 bits per heavy atom. The fraction of sp³-hybridized carbons (Fsp3) is 0.565. The number of carbonyl (C=O) groups is 1. The zero-order valence-corrected chi connectivity index (χ0v) is 19.0. The van der Waals surface area contributed by atoms with Crippen LogP contribution in [0.4, 0.5) is 5.69 Å². The van der Waals surface area contributed by atoms with Gasteiger partial charge in [0, 0.05) is 51.0 Å². The number of likely N-dealkylation sites (N-methyl/N-ethyl adjacent to an activating group) is 1. The van der Waals surface area contributed by atoms with Crippen molar-refractivity contribution in [3.8, 4) is 0 Å². The van der Waals surface area contributed by atoms with Gasteiger partial charge in [-0.3, -0.25) is 14.6 Å². The van der Waals surface area contributed by atoms with Crippen molar-refractivity contribution in [2.24, 2.45) is 0 Å². The van der Waals surface area contributed by atoms with Gasteiger partial charge >= 0.3 is 0 Å². The van der Waals surface area contributed by atoms with E-state index in [1.165, 1.54) is 6.26 Å². The van der Waals surface area contributed by atoms with Gasteiger partial charge in [0.2, 0.25) is 5.89 Å². The molecule has 1 atom stereocenters. The number of piperazine rings is 1. The first-order valence-corrected chi connectivity index (χ1v) is 11.0. The predicted molar refractivity (Wildman–Crippen MR) is 121 cm³/mol. The molecule has 1 aliphatic heterocycles. The molecular weight excluding hydrogens is 394 g/mol. The molecule has 2 heterocycles. The van der Waals surface area contributed by atoms with Crippen molar-refractivity contribution in [3.05, 3.63) is 47.7 Å². The lowest BCUT2D eigenvalue weighted by Crippen LogP contribution is -2.49. The largest absolute Gasteiger partial charge is 0.447 e. The Kier molecular flexibility index (Phi) is 8.20. The highest BCUT2D eigenvalue weighted by Gasteiger charge is 2.22. The number of oxazole rings is 1. The molecule has 1 aliphatic rings. The van der Waals surface area contributed by atoms with Crippen molar-refractivity contribution >= 4 is 11.6 Å². The minimum absolute atomic E-state index is 0.272. The van der Waals surface area contributed by atoms with Crippen molar-refractivity contribution in [3.63, 3.8) is 0 Å². The van der Waals surface area contributed by atoms with Crippen molar-refractivity contribution in [1.29, 1.82) is 0 Å². The third-order valence-electron chi connectivity index (χ3n) is 5.73. The van der Waals surface area contributed by atoms with E-state index in [0.717, 1.165) is 37.4 Å². The van der Waals surface area contributed by atoms with Crippen LogP contribution in [0.1, 0.15) is 35.8 Å². The molecule has 0 saturated carbocycles. The minimum atomic E-state index is -0.347. The summed E-state index contributed by atoms with van der Waals surface area (Å²) in [6, 6.07) is 8.07. The second kappa shape index (κ2) is 10.9. The molecular formula is C23H35N5O3. The van der Waals surface area contributed by atoms with Crippen LogP contribution in [0.15, 0.2) is 34.9 Å². The van der Waals surface area contributed by atoms with Gasteiger partial charge in [0.1, 0.15) is 6.26 Å². The number of carbonyl (C=O) groups excluding carboxylic acids is 1. The van der Waals surface area contributed by atoms with Gasteiger partial charge in [0.25, 0.3) is 5.91 Å². The summed E-state index contributed by atoms with van der Waals surface area (Å²) in [5.74, 6) is 0.271. The molecule has 0 radical (unpaired) electrons. The number of aryl methyl sites for hydroxylation is 1. The molecule has 2 aromatic rings. The van der Waals surface area contributed by atoms with Crippen LogP contribution in [-0.2, 0) is 6.54 Å². The Labute approximate surface area is 184 Å². The lowest BCUT2D eigenvalue weighted by molar-refractivity contribution is 0.0469. The highest BCUT2D eigenvalue weighted by atomic mass is 16.3. The molecule has 0 spiro atoms. The summed E-state index contributed by atoms with van der Waals surface area (Å²) in [4.78, 5) is 23.5. The van der Waals surface area contributed by atoms with Gasteiger partial charge < -0.3 is 19.7 Å². The molecule has 8 nitrogen and oxygen atoms in total. The molecule has 1 fully saturated rings. The zero-order valence-electron chi connectivity index (χ0n) is 19.0. The fourth-order valence-corrected chi connectivity index (χ4v) is 3.63. The number of aliphatic hydroxyl groups is 1. The smallest absolute Gasteiger partial charge is 0.277 e. The van der Waals surface area contributed by atoms with Crippen LogP contribution in [0.2, 0.25) is 0 Å². The van der Waals surface area contributed by atoms with E-state index in [1.807, 2.05) is 38.2 Å². The van der Waals surface area contributed by atoms with Gasteiger partial charge in [-0.1, -0.05) is 12.1 Å². The summed E-state index contributed by atoms with van der Waals surface area (Å²) in [6.45, 7) is 11.7. The minimum Gasteiger partial charge on any atom is -0.447 e. The maximum atomic E-state index is 12.4. The first-order chi connectivity index (χ1) is 14.8. The molecule has 1 amide bonds. The molecule has 8 heteroatoms. The Morgan fingerprint density at radius 1 is 1.26 bits per heavy atom. The number of hydrogen-bond donors (Lipinski definition) is 2. The molecule has 1 aromatic heterocycles. The zero-order chi connectivity index (χ0) is 22.4. The van der Waals surface area contributed by atoms with Gasteiger partial charge in [-0.15, -0.1) is 0 Å². The molecule has 2 N–H and O–H groups in total. The maximum absolute atomic E-state index is 12.4. The van der Waals surface area contributed by atoms with Gasteiger partial charge in [0.15, 0.2) is 5.69 Å². The number of benzene rings is 1. The highest BCUT2D eigenvalue weighted by molar-refractivity contribution is 6.02. The number of nitrogens with one attached hydrogen (secondary N) is 1. The average Bonchev–Trinajstić information content (AvgIpc) is 3.18. The molecule has 0 aliphatic carbocycles. The number of β-amino-alcohol motifs (C(OH)–C–C–N with tert-alkyl or cyclic N) is 1. The standard InChI is InChI=1S/C23H35N5O3/c1-17(2)26(4)13-20(29)14-27-8-10-28(11-9-27)15-22-25-21(16-31-22)23(30)24-19-7-5-6-18(3)12-19/h5-7,12,16-17,20,29H,8-11,13-15H2,1-4H3,(H,24,30). The summed E-state index contributed by atoms with van der Waals surface area (Å²) >= 11 is 0. The van der Waals surface area contributed by atoms with Crippen molar-refractivity contribution in [1.82, 2.24) is 19.7 Å². The van der Waals surface area contributed by atoms with Crippen LogP contribution in [0, 0.1) is 6.92 Å². The Balaban J connectivity index is 1.43. The molecule has 1 unspecified atom stereocenters. The van der Waals surface area contributed by atoms with Crippen LogP contribution in [0.3, 0.4) is 0 Å². The summed E-state index contributed by atoms with van der Waals surface area (Å²) in [7, 11) is 2.04. The van der Waals surface area contributed by atoms with Gasteiger partial charge in [0.05, 0.1) is 12.6 Å². The highest BCUT2D eigenvalue weighted by Crippen LogP contribution is 2.13. The number of nitrogens with zero attached hydrogens (tertiary/aromatic N) is 4.